The molecule has 0 saturated heterocycles. The van der Waals surface area contributed by atoms with Gasteiger partial charge in [-0.1, -0.05) is 25.2 Å². The van der Waals surface area contributed by atoms with E-state index >= 15 is 0 Å². The first-order valence-electron chi connectivity index (χ1n) is 4.18. The van der Waals surface area contributed by atoms with E-state index in [-0.39, 0.29) is 11.8 Å². The molecule has 1 N–H and O–H groups in total. The standard InChI is InChI=1S/C9H13NO3S/c1-9(2,4-7(11)12)6-5-10-8(13-3)14-6/h5H,4H2,1-3H3,(H,11,12). The Morgan fingerprint density at radius 1 is 1.71 bits per heavy atom. The number of hydrogen-bond acceptors (Lipinski definition) is 4. The van der Waals surface area contributed by atoms with E-state index in [1.807, 2.05) is 13.8 Å². The lowest BCUT2D eigenvalue weighted by molar-refractivity contribution is -0.138. The van der Waals surface area contributed by atoms with Crippen LogP contribution in [0.2, 0.25) is 0 Å². The van der Waals surface area contributed by atoms with E-state index in [1.54, 1.807) is 13.3 Å². The molecule has 0 unspecified atom stereocenters. The van der Waals surface area contributed by atoms with Gasteiger partial charge in [-0.15, -0.1) is 0 Å². The molecule has 0 bridgehead atoms. The normalized spacial score (nSPS) is 11.4. The maximum atomic E-state index is 10.6. The number of carboxylic acids is 1. The molecule has 0 amide bonds. The maximum Gasteiger partial charge on any atom is 0.304 e. The second-order valence-corrected chi connectivity index (χ2v) is 4.64. The summed E-state index contributed by atoms with van der Waals surface area (Å²) in [6.07, 6.45) is 1.77. The lowest BCUT2D eigenvalue weighted by atomic mass is 9.88. The highest BCUT2D eigenvalue weighted by Gasteiger charge is 2.26. The third kappa shape index (κ3) is 2.45. The summed E-state index contributed by atoms with van der Waals surface area (Å²) in [4.78, 5) is 15.6. The molecule has 1 heterocycles. The summed E-state index contributed by atoms with van der Waals surface area (Å²) in [6, 6.07) is 0. The van der Waals surface area contributed by atoms with Crippen LogP contribution in [0.5, 0.6) is 5.19 Å². The van der Waals surface area contributed by atoms with Crippen molar-refractivity contribution >= 4 is 17.3 Å². The van der Waals surface area contributed by atoms with Crippen molar-refractivity contribution in [2.75, 3.05) is 7.11 Å². The van der Waals surface area contributed by atoms with Crippen LogP contribution in [0.4, 0.5) is 0 Å². The van der Waals surface area contributed by atoms with Crippen molar-refractivity contribution in [3.05, 3.63) is 11.1 Å². The van der Waals surface area contributed by atoms with E-state index < -0.39 is 5.97 Å². The summed E-state index contributed by atoms with van der Waals surface area (Å²) >= 11 is 1.39. The first-order chi connectivity index (χ1) is 6.45. The molecule has 0 saturated carbocycles. The fourth-order valence-electron chi connectivity index (χ4n) is 1.13. The van der Waals surface area contributed by atoms with Gasteiger partial charge in [-0.3, -0.25) is 4.79 Å². The number of methoxy groups -OCH3 is 1. The quantitative estimate of drug-likeness (QED) is 0.833. The molecule has 5 heteroatoms. The van der Waals surface area contributed by atoms with Gasteiger partial charge < -0.3 is 9.84 Å². The van der Waals surface area contributed by atoms with Crippen LogP contribution in [0.1, 0.15) is 25.1 Å². The average Bonchev–Trinajstić information content (AvgIpc) is 2.49. The Morgan fingerprint density at radius 3 is 2.79 bits per heavy atom. The van der Waals surface area contributed by atoms with Crippen LogP contribution in [0.25, 0.3) is 0 Å². The molecule has 0 aromatic carbocycles. The first kappa shape index (κ1) is 11.0. The van der Waals surface area contributed by atoms with Crippen molar-refractivity contribution in [3.8, 4) is 5.19 Å². The molecule has 1 aromatic rings. The van der Waals surface area contributed by atoms with Crippen molar-refractivity contribution in [2.24, 2.45) is 0 Å². The molecule has 0 aliphatic heterocycles. The monoisotopic (exact) mass is 215 g/mol. The smallest absolute Gasteiger partial charge is 0.304 e. The van der Waals surface area contributed by atoms with Crippen molar-refractivity contribution in [3.63, 3.8) is 0 Å². The molecule has 1 aromatic heterocycles. The van der Waals surface area contributed by atoms with Crippen LogP contribution < -0.4 is 4.74 Å². The van der Waals surface area contributed by atoms with Crippen molar-refractivity contribution < 1.29 is 14.6 Å². The number of carbonyl (C=O) groups is 1. The summed E-state index contributed by atoms with van der Waals surface area (Å²) in [7, 11) is 1.55. The van der Waals surface area contributed by atoms with Crippen LogP contribution in [0.3, 0.4) is 0 Å². The van der Waals surface area contributed by atoms with Gasteiger partial charge in [0, 0.05) is 16.5 Å². The average molecular weight is 215 g/mol. The van der Waals surface area contributed by atoms with Crippen LogP contribution >= 0.6 is 11.3 Å². The summed E-state index contributed by atoms with van der Waals surface area (Å²) in [5.74, 6) is -0.803. The van der Waals surface area contributed by atoms with E-state index in [0.717, 1.165) is 4.88 Å². The Morgan fingerprint density at radius 2 is 2.36 bits per heavy atom. The van der Waals surface area contributed by atoms with E-state index in [1.165, 1.54) is 11.3 Å². The molecule has 4 nitrogen and oxygen atoms in total. The fraction of sp³-hybridized carbons (Fsp3) is 0.556. The van der Waals surface area contributed by atoms with Crippen LogP contribution in [0, 0.1) is 0 Å². The molecular weight excluding hydrogens is 202 g/mol. The summed E-state index contributed by atoms with van der Waals surface area (Å²) in [5, 5.41) is 9.30. The van der Waals surface area contributed by atoms with E-state index in [2.05, 4.69) is 4.98 Å². The van der Waals surface area contributed by atoms with Gasteiger partial charge >= 0.3 is 5.97 Å². The molecule has 0 fully saturated rings. The highest BCUT2D eigenvalue weighted by Crippen LogP contribution is 2.33. The maximum absolute atomic E-state index is 10.6. The van der Waals surface area contributed by atoms with E-state index in [9.17, 15) is 4.79 Å². The fourth-order valence-corrected chi connectivity index (χ4v) is 1.96. The third-order valence-corrected chi connectivity index (χ3v) is 3.24. The molecule has 1 rings (SSSR count). The number of hydrogen-bond donors (Lipinski definition) is 1. The molecule has 14 heavy (non-hydrogen) atoms. The number of rotatable bonds is 4. The number of nitrogens with zero attached hydrogens (tertiary/aromatic N) is 1. The molecule has 0 spiro atoms. The molecule has 0 radical (unpaired) electrons. The lowest BCUT2D eigenvalue weighted by Crippen LogP contribution is -2.20. The van der Waals surface area contributed by atoms with Gasteiger partial charge in [0.05, 0.1) is 13.5 Å². The Labute approximate surface area is 86.6 Å². The lowest BCUT2D eigenvalue weighted by Gasteiger charge is -2.19. The topological polar surface area (TPSA) is 59.4 Å². The van der Waals surface area contributed by atoms with Gasteiger partial charge in [0.15, 0.2) is 0 Å². The minimum absolute atomic E-state index is 0.0956. The molecular formula is C9H13NO3S. The Bertz CT molecular complexity index is 333. The Hall–Kier alpha value is -1.10. The van der Waals surface area contributed by atoms with Gasteiger partial charge in [0.1, 0.15) is 0 Å². The van der Waals surface area contributed by atoms with Crippen LogP contribution in [-0.4, -0.2) is 23.2 Å². The molecule has 0 aliphatic rings. The van der Waals surface area contributed by atoms with Crippen LogP contribution in [-0.2, 0) is 10.2 Å². The van der Waals surface area contributed by atoms with Gasteiger partial charge in [-0.2, -0.15) is 0 Å². The van der Waals surface area contributed by atoms with Gasteiger partial charge in [-0.05, 0) is 0 Å². The SMILES string of the molecule is COc1ncc(C(C)(C)CC(=O)O)s1. The Kier molecular flexibility index (Phi) is 3.10. The minimum Gasteiger partial charge on any atom is -0.481 e. The van der Waals surface area contributed by atoms with Crippen molar-refractivity contribution in [2.45, 2.75) is 25.7 Å². The molecule has 0 aliphatic carbocycles. The number of aromatic nitrogens is 1. The zero-order valence-electron chi connectivity index (χ0n) is 8.40. The number of thiazole rings is 1. The predicted octanol–water partition coefficient (Wildman–Crippen LogP) is 1.90. The first-order valence-corrected chi connectivity index (χ1v) is 4.99. The largest absolute Gasteiger partial charge is 0.481 e. The van der Waals surface area contributed by atoms with Gasteiger partial charge in [-0.25, -0.2) is 4.98 Å². The summed E-state index contributed by atoms with van der Waals surface area (Å²) in [5.41, 5.74) is -0.389. The van der Waals surface area contributed by atoms with Crippen molar-refractivity contribution in [1.82, 2.24) is 4.98 Å². The zero-order valence-corrected chi connectivity index (χ0v) is 9.22. The second-order valence-electron chi connectivity index (χ2n) is 3.65. The second kappa shape index (κ2) is 3.96. The number of carboxylic acid groups (broad SMARTS) is 1. The van der Waals surface area contributed by atoms with Crippen molar-refractivity contribution in [1.29, 1.82) is 0 Å². The predicted molar refractivity (Wildman–Crippen MR) is 53.9 cm³/mol. The van der Waals surface area contributed by atoms with E-state index in [4.69, 9.17) is 9.84 Å². The summed E-state index contributed by atoms with van der Waals surface area (Å²) in [6.45, 7) is 3.77. The van der Waals surface area contributed by atoms with Gasteiger partial charge in [0.25, 0.3) is 5.19 Å². The highest BCUT2D eigenvalue weighted by atomic mass is 32.1. The Balaban J connectivity index is 2.85. The third-order valence-electron chi connectivity index (χ3n) is 1.92. The highest BCUT2D eigenvalue weighted by molar-refractivity contribution is 7.13. The number of ether oxygens (including phenoxy) is 1. The summed E-state index contributed by atoms with van der Waals surface area (Å²) < 4.78 is 4.95. The minimum atomic E-state index is -0.803. The van der Waals surface area contributed by atoms with Crippen LogP contribution in [0.15, 0.2) is 6.20 Å². The molecule has 78 valence electrons. The molecule has 0 atom stereocenters. The zero-order chi connectivity index (χ0) is 10.8. The van der Waals surface area contributed by atoms with E-state index in [0.29, 0.717) is 5.19 Å². The van der Waals surface area contributed by atoms with Gasteiger partial charge in [0.2, 0.25) is 0 Å². The number of aliphatic carboxylic acids is 1.